The van der Waals surface area contributed by atoms with Crippen molar-refractivity contribution in [3.05, 3.63) is 47.0 Å². The molecule has 0 unspecified atom stereocenters. The summed E-state index contributed by atoms with van der Waals surface area (Å²) < 4.78 is 10.8. The van der Waals surface area contributed by atoms with Crippen LogP contribution < -0.4 is 4.74 Å². The molecule has 8 heteroatoms. The van der Waals surface area contributed by atoms with Crippen LogP contribution in [0.25, 0.3) is 0 Å². The number of hydrogen-bond acceptors (Lipinski definition) is 6. The standard InChI is InChI=1S/C22H28N4O4/c1-15(2)26-14-18-17(21(26)27)12-16(20(23-18)29-3)13-24-7-5-8-25(10-9-24)22(28)19-6-4-11-30-19/h4,6,11-12,15H,5,7-10,13-14H2,1-3H3. The molecule has 2 aliphatic rings. The van der Waals surface area contributed by atoms with Gasteiger partial charge in [0.05, 0.1) is 31.2 Å². The predicted octanol–water partition coefficient (Wildman–Crippen LogP) is 2.40. The first-order chi connectivity index (χ1) is 14.5. The Morgan fingerprint density at radius 1 is 1.27 bits per heavy atom. The highest BCUT2D eigenvalue weighted by molar-refractivity contribution is 5.98. The molecular formula is C22H28N4O4. The number of furan rings is 1. The van der Waals surface area contributed by atoms with Crippen LogP contribution in [0.4, 0.5) is 0 Å². The maximum atomic E-state index is 12.7. The molecule has 2 aromatic rings. The van der Waals surface area contributed by atoms with Crippen LogP contribution in [0.3, 0.4) is 0 Å². The number of ether oxygens (including phenoxy) is 1. The van der Waals surface area contributed by atoms with Gasteiger partial charge in [0.15, 0.2) is 5.76 Å². The average molecular weight is 412 g/mol. The van der Waals surface area contributed by atoms with E-state index >= 15 is 0 Å². The first-order valence-corrected chi connectivity index (χ1v) is 10.4. The quantitative estimate of drug-likeness (QED) is 0.750. The number of amides is 2. The van der Waals surface area contributed by atoms with Crippen LogP contribution in [-0.4, -0.2) is 70.8 Å². The van der Waals surface area contributed by atoms with Gasteiger partial charge in [-0.05, 0) is 38.5 Å². The van der Waals surface area contributed by atoms with Crippen molar-refractivity contribution in [2.75, 3.05) is 33.3 Å². The summed E-state index contributed by atoms with van der Waals surface area (Å²) in [6.45, 7) is 8.08. The van der Waals surface area contributed by atoms with Gasteiger partial charge in [0.2, 0.25) is 5.88 Å². The molecule has 4 heterocycles. The van der Waals surface area contributed by atoms with E-state index in [2.05, 4.69) is 9.88 Å². The Bertz CT molecular complexity index is 925. The molecule has 2 amide bonds. The van der Waals surface area contributed by atoms with E-state index in [-0.39, 0.29) is 17.9 Å². The Kier molecular flexibility index (Phi) is 5.76. The minimum absolute atomic E-state index is 0.0301. The molecule has 1 saturated heterocycles. The van der Waals surface area contributed by atoms with Gasteiger partial charge in [-0.25, -0.2) is 4.98 Å². The van der Waals surface area contributed by atoms with E-state index in [1.54, 1.807) is 19.2 Å². The van der Waals surface area contributed by atoms with E-state index in [4.69, 9.17) is 9.15 Å². The highest BCUT2D eigenvalue weighted by Crippen LogP contribution is 2.29. The summed E-state index contributed by atoms with van der Waals surface area (Å²) in [7, 11) is 1.61. The van der Waals surface area contributed by atoms with E-state index in [9.17, 15) is 9.59 Å². The van der Waals surface area contributed by atoms with Gasteiger partial charge in [-0.2, -0.15) is 0 Å². The molecule has 0 aromatic carbocycles. The van der Waals surface area contributed by atoms with Gasteiger partial charge in [0.25, 0.3) is 11.8 Å². The molecule has 4 rings (SSSR count). The molecule has 0 aliphatic carbocycles. The average Bonchev–Trinajstić information content (AvgIpc) is 3.31. The highest BCUT2D eigenvalue weighted by Gasteiger charge is 2.32. The highest BCUT2D eigenvalue weighted by atomic mass is 16.5. The third-order valence-electron chi connectivity index (χ3n) is 5.77. The molecule has 1 fully saturated rings. The van der Waals surface area contributed by atoms with Crippen molar-refractivity contribution in [3.63, 3.8) is 0 Å². The number of pyridine rings is 1. The third kappa shape index (κ3) is 3.92. The number of carbonyl (C=O) groups is 2. The number of hydrogen-bond donors (Lipinski definition) is 0. The molecule has 0 atom stereocenters. The lowest BCUT2D eigenvalue weighted by molar-refractivity contribution is 0.0721. The number of aromatic nitrogens is 1. The topological polar surface area (TPSA) is 79.1 Å². The summed E-state index contributed by atoms with van der Waals surface area (Å²) in [5, 5.41) is 0. The van der Waals surface area contributed by atoms with Crippen molar-refractivity contribution < 1.29 is 18.7 Å². The molecule has 160 valence electrons. The van der Waals surface area contributed by atoms with Gasteiger partial charge < -0.3 is 19.0 Å². The van der Waals surface area contributed by atoms with Crippen LogP contribution in [0.15, 0.2) is 28.9 Å². The Balaban J connectivity index is 1.47. The lowest BCUT2D eigenvalue weighted by Crippen LogP contribution is -2.35. The van der Waals surface area contributed by atoms with E-state index in [0.717, 1.165) is 30.8 Å². The number of carbonyl (C=O) groups excluding carboxylic acids is 2. The van der Waals surface area contributed by atoms with Crippen molar-refractivity contribution in [1.29, 1.82) is 0 Å². The number of methoxy groups -OCH3 is 1. The second-order valence-corrected chi connectivity index (χ2v) is 8.08. The van der Waals surface area contributed by atoms with Crippen molar-refractivity contribution in [1.82, 2.24) is 19.7 Å². The Morgan fingerprint density at radius 3 is 2.80 bits per heavy atom. The molecule has 0 N–H and O–H groups in total. The van der Waals surface area contributed by atoms with Crippen molar-refractivity contribution >= 4 is 11.8 Å². The summed E-state index contributed by atoms with van der Waals surface area (Å²) in [4.78, 5) is 35.9. The van der Waals surface area contributed by atoms with E-state index < -0.39 is 0 Å². The lowest BCUT2D eigenvalue weighted by atomic mass is 10.1. The maximum absolute atomic E-state index is 12.7. The first-order valence-electron chi connectivity index (χ1n) is 10.4. The van der Waals surface area contributed by atoms with Crippen LogP contribution in [0, 0.1) is 0 Å². The molecule has 0 saturated carbocycles. The molecule has 0 bridgehead atoms. The van der Waals surface area contributed by atoms with Crippen molar-refractivity contribution in [2.24, 2.45) is 0 Å². The fourth-order valence-electron chi connectivity index (χ4n) is 4.10. The number of nitrogens with zero attached hydrogens (tertiary/aromatic N) is 4. The van der Waals surface area contributed by atoms with Crippen LogP contribution in [-0.2, 0) is 13.1 Å². The van der Waals surface area contributed by atoms with E-state index in [0.29, 0.717) is 43.4 Å². The predicted molar refractivity (Wildman–Crippen MR) is 110 cm³/mol. The Hall–Kier alpha value is -2.87. The van der Waals surface area contributed by atoms with Gasteiger partial charge in [-0.3, -0.25) is 14.5 Å². The van der Waals surface area contributed by atoms with Gasteiger partial charge in [0, 0.05) is 44.3 Å². The summed E-state index contributed by atoms with van der Waals surface area (Å²) in [5.41, 5.74) is 2.35. The lowest BCUT2D eigenvalue weighted by Gasteiger charge is -2.22. The largest absolute Gasteiger partial charge is 0.481 e. The second-order valence-electron chi connectivity index (χ2n) is 8.08. The molecule has 30 heavy (non-hydrogen) atoms. The number of rotatable bonds is 5. The molecule has 2 aliphatic heterocycles. The zero-order valence-electron chi connectivity index (χ0n) is 17.8. The Labute approximate surface area is 176 Å². The van der Waals surface area contributed by atoms with Crippen LogP contribution in [0.2, 0.25) is 0 Å². The maximum Gasteiger partial charge on any atom is 0.289 e. The zero-order chi connectivity index (χ0) is 21.3. The van der Waals surface area contributed by atoms with Crippen LogP contribution >= 0.6 is 0 Å². The monoisotopic (exact) mass is 412 g/mol. The van der Waals surface area contributed by atoms with Crippen LogP contribution in [0.1, 0.15) is 52.4 Å². The molecule has 0 spiro atoms. The fraction of sp³-hybridized carbons (Fsp3) is 0.500. The van der Waals surface area contributed by atoms with Gasteiger partial charge in [0.1, 0.15) is 0 Å². The van der Waals surface area contributed by atoms with Gasteiger partial charge in [-0.1, -0.05) is 0 Å². The van der Waals surface area contributed by atoms with Gasteiger partial charge >= 0.3 is 0 Å². The van der Waals surface area contributed by atoms with Crippen molar-refractivity contribution in [2.45, 2.75) is 39.4 Å². The smallest absolute Gasteiger partial charge is 0.289 e. The molecule has 8 nitrogen and oxygen atoms in total. The SMILES string of the molecule is COc1nc2c(cc1CN1CCCN(C(=O)c3ccco3)CC1)C(=O)N(C(C)C)C2. The summed E-state index contributed by atoms with van der Waals surface area (Å²) in [6.07, 6.45) is 2.39. The Morgan fingerprint density at radius 2 is 2.10 bits per heavy atom. The minimum atomic E-state index is -0.0713. The third-order valence-corrected chi connectivity index (χ3v) is 5.77. The summed E-state index contributed by atoms with van der Waals surface area (Å²) >= 11 is 0. The molecule has 0 radical (unpaired) electrons. The van der Waals surface area contributed by atoms with Crippen LogP contribution in [0.5, 0.6) is 5.88 Å². The normalized spacial score (nSPS) is 17.4. The molecule has 2 aromatic heterocycles. The van der Waals surface area contributed by atoms with E-state index in [1.165, 1.54) is 6.26 Å². The fourth-order valence-corrected chi connectivity index (χ4v) is 4.10. The first kappa shape index (κ1) is 20.4. The second kappa shape index (κ2) is 8.47. The van der Waals surface area contributed by atoms with Gasteiger partial charge in [-0.15, -0.1) is 0 Å². The van der Waals surface area contributed by atoms with Crippen molar-refractivity contribution in [3.8, 4) is 5.88 Å². The van der Waals surface area contributed by atoms with E-state index in [1.807, 2.05) is 29.7 Å². The zero-order valence-corrected chi connectivity index (χ0v) is 17.8. The summed E-state index contributed by atoms with van der Waals surface area (Å²) in [5.74, 6) is 0.904. The molecular weight excluding hydrogens is 384 g/mol. The number of fused-ring (bicyclic) bond motifs is 1. The minimum Gasteiger partial charge on any atom is -0.481 e. The summed E-state index contributed by atoms with van der Waals surface area (Å²) in [6, 6.07) is 5.49.